The van der Waals surface area contributed by atoms with E-state index in [-0.39, 0.29) is 22.2 Å². The van der Waals surface area contributed by atoms with E-state index in [0.29, 0.717) is 5.56 Å². The molecule has 0 aromatic heterocycles. The molecule has 1 saturated heterocycles. The second-order valence-corrected chi connectivity index (χ2v) is 7.88. The molecule has 1 aromatic rings. The van der Waals surface area contributed by atoms with E-state index in [1.54, 1.807) is 18.7 Å². The van der Waals surface area contributed by atoms with Crippen LogP contribution in [0.5, 0.6) is 0 Å². The van der Waals surface area contributed by atoms with E-state index in [9.17, 15) is 12.8 Å². The van der Waals surface area contributed by atoms with Crippen LogP contribution in [-0.2, 0) is 10.0 Å². The van der Waals surface area contributed by atoms with Crippen LogP contribution < -0.4 is 10.5 Å². The summed E-state index contributed by atoms with van der Waals surface area (Å²) in [5.74, 6) is 1.26. The number of anilines is 1. The Morgan fingerprint density at radius 1 is 1.45 bits per heavy atom. The molecule has 0 saturated carbocycles. The van der Waals surface area contributed by atoms with Crippen molar-refractivity contribution in [3.63, 3.8) is 0 Å². The second-order valence-electron chi connectivity index (χ2n) is 5.08. The van der Waals surface area contributed by atoms with Gasteiger partial charge in [-0.15, -0.1) is 0 Å². The summed E-state index contributed by atoms with van der Waals surface area (Å²) in [7, 11) is -3.67. The average molecular weight is 318 g/mol. The number of halogens is 1. The maximum absolute atomic E-state index is 13.5. The van der Waals surface area contributed by atoms with E-state index in [2.05, 4.69) is 4.72 Å². The minimum absolute atomic E-state index is 0.0659. The van der Waals surface area contributed by atoms with Crippen LogP contribution in [0, 0.1) is 19.7 Å². The van der Waals surface area contributed by atoms with Crippen LogP contribution in [0.3, 0.4) is 0 Å². The lowest BCUT2D eigenvalue weighted by Gasteiger charge is -2.23. The number of aryl methyl sites for hydroxylation is 1. The highest BCUT2D eigenvalue weighted by Gasteiger charge is 2.26. The van der Waals surface area contributed by atoms with Crippen molar-refractivity contribution in [2.24, 2.45) is 0 Å². The molecule has 1 aromatic carbocycles. The molecule has 1 atom stereocenters. The maximum Gasteiger partial charge on any atom is 0.241 e. The van der Waals surface area contributed by atoms with Gasteiger partial charge in [0.1, 0.15) is 5.82 Å². The Morgan fingerprint density at radius 3 is 2.75 bits per heavy atom. The Bertz CT molecular complexity index is 611. The van der Waals surface area contributed by atoms with Crippen molar-refractivity contribution in [1.29, 1.82) is 0 Å². The molecule has 112 valence electrons. The molecule has 0 spiro atoms. The van der Waals surface area contributed by atoms with Gasteiger partial charge in [0, 0.05) is 11.8 Å². The number of benzene rings is 1. The monoisotopic (exact) mass is 318 g/mol. The molecule has 0 radical (unpaired) electrons. The SMILES string of the molecule is Cc1cc(F)c(N)c(C)c1S(=O)(=O)NC1CCCSC1. The number of sulfonamides is 1. The fourth-order valence-corrected chi connectivity index (χ4v) is 5.39. The lowest BCUT2D eigenvalue weighted by molar-refractivity contribution is 0.541. The van der Waals surface area contributed by atoms with Crippen molar-refractivity contribution in [3.05, 3.63) is 23.0 Å². The van der Waals surface area contributed by atoms with Gasteiger partial charge in [0.15, 0.2) is 0 Å². The van der Waals surface area contributed by atoms with E-state index < -0.39 is 15.8 Å². The topological polar surface area (TPSA) is 72.2 Å². The van der Waals surface area contributed by atoms with Crippen molar-refractivity contribution >= 4 is 27.5 Å². The summed E-state index contributed by atoms with van der Waals surface area (Å²) in [5, 5.41) is 0. The molecule has 0 aliphatic carbocycles. The molecule has 20 heavy (non-hydrogen) atoms. The number of nitrogen functional groups attached to an aromatic ring is 1. The van der Waals surface area contributed by atoms with E-state index in [1.807, 2.05) is 0 Å². The van der Waals surface area contributed by atoms with Crippen LogP contribution in [0.25, 0.3) is 0 Å². The molecule has 1 unspecified atom stereocenters. The first-order valence-electron chi connectivity index (χ1n) is 6.48. The largest absolute Gasteiger partial charge is 0.396 e. The number of nitrogens with two attached hydrogens (primary N) is 1. The highest BCUT2D eigenvalue weighted by atomic mass is 32.2. The van der Waals surface area contributed by atoms with Crippen LogP contribution >= 0.6 is 11.8 Å². The molecule has 4 nitrogen and oxygen atoms in total. The molecule has 1 fully saturated rings. The van der Waals surface area contributed by atoms with Crippen molar-refractivity contribution in [1.82, 2.24) is 4.72 Å². The summed E-state index contributed by atoms with van der Waals surface area (Å²) >= 11 is 1.74. The maximum atomic E-state index is 13.5. The highest BCUT2D eigenvalue weighted by molar-refractivity contribution is 7.99. The van der Waals surface area contributed by atoms with Gasteiger partial charge in [0.2, 0.25) is 10.0 Å². The molecule has 1 aliphatic heterocycles. The normalized spacial score (nSPS) is 20.1. The van der Waals surface area contributed by atoms with Crippen LogP contribution in [0.1, 0.15) is 24.0 Å². The molecule has 2 rings (SSSR count). The van der Waals surface area contributed by atoms with Gasteiger partial charge in [0.25, 0.3) is 0 Å². The Hall–Kier alpha value is -0.790. The molecular weight excluding hydrogens is 299 g/mol. The minimum Gasteiger partial charge on any atom is -0.396 e. The minimum atomic E-state index is -3.67. The first-order chi connectivity index (χ1) is 9.33. The number of hydrogen-bond donors (Lipinski definition) is 2. The summed E-state index contributed by atoms with van der Waals surface area (Å²) in [4.78, 5) is 0.104. The molecule has 1 aliphatic rings. The lowest BCUT2D eigenvalue weighted by atomic mass is 10.1. The predicted octanol–water partition coefficient (Wildman–Crippen LogP) is 2.20. The second kappa shape index (κ2) is 5.91. The van der Waals surface area contributed by atoms with Crippen LogP contribution in [0.15, 0.2) is 11.0 Å². The van der Waals surface area contributed by atoms with E-state index in [0.717, 1.165) is 24.3 Å². The highest BCUT2D eigenvalue weighted by Crippen LogP contribution is 2.28. The average Bonchev–Trinajstić information content (AvgIpc) is 2.36. The Balaban J connectivity index is 2.36. The van der Waals surface area contributed by atoms with Crippen LogP contribution in [-0.4, -0.2) is 26.0 Å². The van der Waals surface area contributed by atoms with E-state index in [4.69, 9.17) is 5.73 Å². The summed E-state index contributed by atoms with van der Waals surface area (Å²) in [5.41, 5.74) is 6.16. The Morgan fingerprint density at radius 2 is 2.15 bits per heavy atom. The van der Waals surface area contributed by atoms with Gasteiger partial charge in [-0.25, -0.2) is 17.5 Å². The third-order valence-corrected chi connectivity index (χ3v) is 6.48. The van der Waals surface area contributed by atoms with Crippen molar-refractivity contribution in [2.75, 3.05) is 17.2 Å². The summed E-state index contributed by atoms with van der Waals surface area (Å²) in [6, 6.07) is 1.11. The van der Waals surface area contributed by atoms with E-state index >= 15 is 0 Å². The first kappa shape index (κ1) is 15.6. The van der Waals surface area contributed by atoms with Gasteiger partial charge in [0.05, 0.1) is 10.6 Å². The fourth-order valence-electron chi connectivity index (χ4n) is 2.46. The molecule has 0 bridgehead atoms. The van der Waals surface area contributed by atoms with Crippen molar-refractivity contribution in [2.45, 2.75) is 37.6 Å². The van der Waals surface area contributed by atoms with Crippen molar-refractivity contribution in [3.8, 4) is 0 Å². The van der Waals surface area contributed by atoms with Crippen LogP contribution in [0.2, 0.25) is 0 Å². The molecule has 0 amide bonds. The summed E-state index contributed by atoms with van der Waals surface area (Å²) in [6.45, 7) is 3.12. The molecule has 7 heteroatoms. The zero-order chi connectivity index (χ0) is 14.9. The number of nitrogens with one attached hydrogen (secondary N) is 1. The smallest absolute Gasteiger partial charge is 0.241 e. The van der Waals surface area contributed by atoms with E-state index in [1.165, 1.54) is 13.0 Å². The van der Waals surface area contributed by atoms with Crippen molar-refractivity contribution < 1.29 is 12.8 Å². The molecule has 1 heterocycles. The standard InChI is InChI=1S/C13H19FN2O2S2/c1-8-6-11(14)12(15)9(2)13(8)20(17,18)16-10-4-3-5-19-7-10/h6,10,16H,3-5,7,15H2,1-2H3. The zero-order valence-electron chi connectivity index (χ0n) is 11.6. The molecular formula is C13H19FN2O2S2. The number of thioether (sulfide) groups is 1. The van der Waals surface area contributed by atoms with Gasteiger partial charge in [-0.05, 0) is 49.6 Å². The first-order valence-corrected chi connectivity index (χ1v) is 9.12. The Kier molecular flexibility index (Phi) is 4.61. The quantitative estimate of drug-likeness (QED) is 0.838. The number of rotatable bonds is 3. The van der Waals surface area contributed by atoms with Gasteiger partial charge in [-0.2, -0.15) is 11.8 Å². The third kappa shape index (κ3) is 3.10. The Labute approximate surface area is 123 Å². The predicted molar refractivity (Wildman–Crippen MR) is 81.0 cm³/mol. The van der Waals surface area contributed by atoms with Gasteiger partial charge in [-0.3, -0.25) is 0 Å². The zero-order valence-corrected chi connectivity index (χ0v) is 13.2. The third-order valence-electron chi connectivity index (χ3n) is 3.45. The fraction of sp³-hybridized carbons (Fsp3) is 0.538. The summed E-state index contributed by atoms with van der Waals surface area (Å²) in [6.07, 6.45) is 1.84. The lowest BCUT2D eigenvalue weighted by Crippen LogP contribution is -2.39. The van der Waals surface area contributed by atoms with Crippen LogP contribution in [0.4, 0.5) is 10.1 Å². The van der Waals surface area contributed by atoms with Gasteiger partial charge in [-0.1, -0.05) is 0 Å². The number of hydrogen-bond acceptors (Lipinski definition) is 4. The van der Waals surface area contributed by atoms with Gasteiger partial charge < -0.3 is 5.73 Å². The summed E-state index contributed by atoms with van der Waals surface area (Å²) < 4.78 is 41.3. The molecule has 3 N–H and O–H groups in total. The van der Waals surface area contributed by atoms with Gasteiger partial charge >= 0.3 is 0 Å².